The summed E-state index contributed by atoms with van der Waals surface area (Å²) in [6.07, 6.45) is 19.9. The molecule has 0 amide bonds. The highest BCUT2D eigenvalue weighted by Gasteiger charge is 2.47. The van der Waals surface area contributed by atoms with E-state index in [2.05, 4.69) is 13.8 Å². The van der Waals surface area contributed by atoms with E-state index in [0.717, 1.165) is 38.5 Å². The van der Waals surface area contributed by atoms with Crippen molar-refractivity contribution in [2.45, 2.75) is 287 Å². The van der Waals surface area contributed by atoms with Crippen LogP contribution in [0.1, 0.15) is 219 Å². The molecule has 0 bridgehead atoms. The maximum Gasteiger partial charge on any atom is 0.306 e. The number of esters is 2. The van der Waals surface area contributed by atoms with Gasteiger partial charge in [0.15, 0.2) is 18.7 Å². The molecule has 2 heterocycles. The zero-order chi connectivity index (χ0) is 48.2. The number of carbonyl (C=O) groups excluding carboxylic acids is 2. The Hall–Kier alpha value is -1.50. The van der Waals surface area contributed by atoms with Crippen LogP contribution in [-0.2, 0) is 38.0 Å². The number of aliphatic hydroxyl groups is 7. The summed E-state index contributed by atoms with van der Waals surface area (Å²) < 4.78 is 33.6. The highest BCUT2D eigenvalue weighted by molar-refractivity contribution is 5.70. The largest absolute Gasteiger partial charge is 0.462 e. The van der Waals surface area contributed by atoms with Crippen molar-refractivity contribution in [1.29, 1.82) is 0 Å². The average Bonchev–Trinajstić information content (AvgIpc) is 3.31. The van der Waals surface area contributed by atoms with Gasteiger partial charge in [-0.25, -0.2) is 0 Å². The minimum absolute atomic E-state index is 0.173. The Bertz CT molecular complexity index is 1160. The molecule has 66 heavy (non-hydrogen) atoms. The van der Waals surface area contributed by atoms with Gasteiger partial charge in [-0.2, -0.15) is 0 Å². The molecule has 2 aliphatic rings. The fourth-order valence-electron chi connectivity index (χ4n) is 8.69. The van der Waals surface area contributed by atoms with Crippen molar-refractivity contribution in [2.24, 2.45) is 0 Å². The van der Waals surface area contributed by atoms with Crippen LogP contribution in [0.2, 0.25) is 0 Å². The van der Waals surface area contributed by atoms with Crippen LogP contribution in [0.15, 0.2) is 0 Å². The van der Waals surface area contributed by atoms with Crippen LogP contribution in [0.25, 0.3) is 0 Å². The van der Waals surface area contributed by atoms with Crippen LogP contribution in [0.4, 0.5) is 0 Å². The Morgan fingerprint density at radius 3 is 1.18 bits per heavy atom. The molecule has 7 N–H and O–H groups in total. The van der Waals surface area contributed by atoms with E-state index in [1.165, 1.54) is 141 Å². The average molecular weight is 949 g/mol. The molecule has 2 fully saturated rings. The van der Waals surface area contributed by atoms with Gasteiger partial charge in [0.2, 0.25) is 0 Å². The monoisotopic (exact) mass is 949 g/mol. The molecule has 0 radical (unpaired) electrons. The molecule has 0 aromatic heterocycles. The van der Waals surface area contributed by atoms with Gasteiger partial charge in [-0.1, -0.05) is 194 Å². The number of aliphatic hydroxyl groups excluding tert-OH is 7. The Morgan fingerprint density at radius 1 is 0.424 bits per heavy atom. The molecule has 0 aromatic carbocycles. The number of hydrogen-bond donors (Lipinski definition) is 7. The molecular formula is C51H96O15. The van der Waals surface area contributed by atoms with Crippen molar-refractivity contribution in [3.63, 3.8) is 0 Å². The molecule has 15 heteroatoms. The first-order chi connectivity index (χ1) is 32.0. The Kier molecular flexibility index (Phi) is 36.0. The van der Waals surface area contributed by atoms with Gasteiger partial charge in [0.1, 0.15) is 55.4 Å². The molecule has 0 aliphatic carbocycles. The molecule has 11 atom stereocenters. The van der Waals surface area contributed by atoms with E-state index in [4.69, 9.17) is 28.4 Å². The first-order valence-electron chi connectivity index (χ1n) is 26.6. The normalized spacial score (nSPS) is 26.1. The van der Waals surface area contributed by atoms with Crippen LogP contribution in [0.5, 0.6) is 0 Å². The van der Waals surface area contributed by atoms with Crippen LogP contribution < -0.4 is 0 Å². The number of unbranched alkanes of at least 4 members (excludes halogenated alkanes) is 28. The third kappa shape index (κ3) is 27.0. The summed E-state index contributed by atoms with van der Waals surface area (Å²) >= 11 is 0. The first kappa shape index (κ1) is 60.6. The summed E-state index contributed by atoms with van der Waals surface area (Å²) in [6, 6.07) is 0. The van der Waals surface area contributed by atoms with Gasteiger partial charge in [0.25, 0.3) is 0 Å². The Labute approximate surface area is 398 Å². The summed E-state index contributed by atoms with van der Waals surface area (Å²) in [7, 11) is 0. The Morgan fingerprint density at radius 2 is 0.773 bits per heavy atom. The third-order valence-electron chi connectivity index (χ3n) is 13.1. The smallest absolute Gasteiger partial charge is 0.306 e. The van der Waals surface area contributed by atoms with Gasteiger partial charge in [-0.05, 0) is 12.8 Å². The van der Waals surface area contributed by atoms with E-state index in [0.29, 0.717) is 12.8 Å². The second-order valence-corrected chi connectivity index (χ2v) is 19.1. The molecular weight excluding hydrogens is 853 g/mol. The maximum absolute atomic E-state index is 13.0. The van der Waals surface area contributed by atoms with Gasteiger partial charge < -0.3 is 64.2 Å². The second-order valence-electron chi connectivity index (χ2n) is 19.1. The van der Waals surface area contributed by atoms with E-state index in [1.54, 1.807) is 0 Å². The summed E-state index contributed by atoms with van der Waals surface area (Å²) in [4.78, 5) is 25.7. The number of hydrogen-bond acceptors (Lipinski definition) is 15. The lowest BCUT2D eigenvalue weighted by atomic mass is 9.98. The standard InChI is InChI=1S/C51H96O15/c1-3-5-7-9-11-13-15-16-17-18-19-20-21-22-24-26-28-30-32-34-43(54)64-39(36-61-42(53)33-31-29-27-25-23-14-12-10-8-6-4-2)37-62-50-49(60)47(58)45(56)41(66-50)38-63-51-48(59)46(57)44(55)40(35-52)65-51/h39-41,44-52,55-60H,3-38H2,1-2H3/t39-,40+,41+,44-,45-,46?,47?,48?,49?,50+,51+/m1/s1. The van der Waals surface area contributed by atoms with Crippen LogP contribution in [-0.4, -0.2) is 142 Å². The minimum atomic E-state index is -1.76. The van der Waals surface area contributed by atoms with E-state index in [1.807, 2.05) is 0 Å². The van der Waals surface area contributed by atoms with Gasteiger partial charge in [0.05, 0.1) is 19.8 Å². The lowest BCUT2D eigenvalue weighted by Crippen LogP contribution is -2.61. The molecule has 2 saturated heterocycles. The van der Waals surface area contributed by atoms with Crippen molar-refractivity contribution in [3.05, 3.63) is 0 Å². The first-order valence-corrected chi connectivity index (χ1v) is 26.6. The maximum atomic E-state index is 13.0. The lowest BCUT2D eigenvalue weighted by Gasteiger charge is -2.42. The fourth-order valence-corrected chi connectivity index (χ4v) is 8.69. The number of carbonyl (C=O) groups is 2. The zero-order valence-electron chi connectivity index (χ0n) is 41.2. The quantitative estimate of drug-likeness (QED) is 0.0231. The summed E-state index contributed by atoms with van der Waals surface area (Å²) in [5, 5.41) is 72.1. The van der Waals surface area contributed by atoms with Crippen molar-refractivity contribution in [1.82, 2.24) is 0 Å². The molecule has 0 spiro atoms. The lowest BCUT2D eigenvalue weighted by molar-refractivity contribution is -0.332. The van der Waals surface area contributed by atoms with Crippen LogP contribution in [0, 0.1) is 0 Å². The second kappa shape index (κ2) is 39.2. The van der Waals surface area contributed by atoms with Gasteiger partial charge in [-0.15, -0.1) is 0 Å². The number of ether oxygens (including phenoxy) is 6. The third-order valence-corrected chi connectivity index (χ3v) is 13.1. The molecule has 15 nitrogen and oxygen atoms in total. The van der Waals surface area contributed by atoms with Crippen molar-refractivity contribution in [2.75, 3.05) is 26.4 Å². The van der Waals surface area contributed by atoms with E-state index < -0.39 is 92.7 Å². The highest BCUT2D eigenvalue weighted by atomic mass is 16.7. The van der Waals surface area contributed by atoms with Crippen LogP contribution in [0.3, 0.4) is 0 Å². The summed E-state index contributed by atoms with van der Waals surface area (Å²) in [5.74, 6) is -0.910. The van der Waals surface area contributed by atoms with Crippen molar-refractivity contribution < 1.29 is 73.8 Å². The molecule has 2 rings (SSSR count). The van der Waals surface area contributed by atoms with E-state index in [-0.39, 0.29) is 26.1 Å². The van der Waals surface area contributed by atoms with Gasteiger partial charge in [0, 0.05) is 12.8 Å². The van der Waals surface area contributed by atoms with E-state index >= 15 is 0 Å². The van der Waals surface area contributed by atoms with Crippen molar-refractivity contribution in [3.8, 4) is 0 Å². The molecule has 2 aliphatic heterocycles. The zero-order valence-corrected chi connectivity index (χ0v) is 41.2. The molecule has 390 valence electrons. The molecule has 4 unspecified atom stereocenters. The fraction of sp³-hybridized carbons (Fsp3) is 0.961. The van der Waals surface area contributed by atoms with Crippen LogP contribution >= 0.6 is 0 Å². The predicted molar refractivity (Wildman–Crippen MR) is 252 cm³/mol. The van der Waals surface area contributed by atoms with Crippen molar-refractivity contribution >= 4 is 11.9 Å². The summed E-state index contributed by atoms with van der Waals surface area (Å²) in [6.45, 7) is 2.62. The predicted octanol–water partition coefficient (Wildman–Crippen LogP) is 7.61. The van der Waals surface area contributed by atoms with Gasteiger partial charge >= 0.3 is 11.9 Å². The topological polar surface area (TPSA) is 231 Å². The highest BCUT2D eigenvalue weighted by Crippen LogP contribution is 2.27. The van der Waals surface area contributed by atoms with E-state index in [9.17, 15) is 45.3 Å². The minimum Gasteiger partial charge on any atom is -0.462 e. The molecule has 0 aromatic rings. The summed E-state index contributed by atoms with van der Waals surface area (Å²) in [5.41, 5.74) is 0. The number of rotatable bonds is 42. The molecule has 0 saturated carbocycles. The SMILES string of the molecule is CCCCCCCCCCCCCCCCCCCCCC(=O)O[C@H](COC(=O)CCCCCCCCCCCCC)CO[C@H]1O[C@@H](CO[C@H]2O[C@@H](CO)[C@@H](O)C(O)C2O)[C@@H](O)C(O)C1O. The van der Waals surface area contributed by atoms with Gasteiger partial charge in [-0.3, -0.25) is 9.59 Å². The Balaban J connectivity index is 1.77.